The molecule has 0 fully saturated rings. The van der Waals surface area contributed by atoms with Crippen LogP contribution in [0.3, 0.4) is 0 Å². The van der Waals surface area contributed by atoms with Crippen LogP contribution in [0.15, 0.2) is 45.8 Å². The van der Waals surface area contributed by atoms with Gasteiger partial charge in [0.05, 0.1) is 0 Å². The van der Waals surface area contributed by atoms with Gasteiger partial charge in [0.15, 0.2) is 0 Å². The number of amides is 1. The van der Waals surface area contributed by atoms with E-state index >= 15 is 0 Å². The molecule has 1 amide bonds. The van der Waals surface area contributed by atoms with Crippen molar-refractivity contribution in [2.24, 2.45) is 0 Å². The maximum atomic E-state index is 12.0. The summed E-state index contributed by atoms with van der Waals surface area (Å²) in [7, 11) is 0. The molecule has 1 heterocycles. The molecular weight excluding hydrogens is 344 g/mol. The van der Waals surface area contributed by atoms with Gasteiger partial charge >= 0.3 is 0 Å². The normalized spacial score (nSPS) is 10.3. The number of hydrogen-bond acceptors (Lipinski definition) is 2. The van der Waals surface area contributed by atoms with Crippen molar-refractivity contribution in [2.45, 2.75) is 13.5 Å². The van der Waals surface area contributed by atoms with E-state index in [2.05, 4.69) is 21.2 Å². The summed E-state index contributed by atoms with van der Waals surface area (Å²) in [4.78, 5) is 23.6. The Bertz CT molecular complexity index is 713. The predicted molar refractivity (Wildman–Crippen MR) is 83.2 cm³/mol. The van der Waals surface area contributed by atoms with Crippen molar-refractivity contribution in [1.82, 2.24) is 4.57 Å². The van der Waals surface area contributed by atoms with Gasteiger partial charge in [0.1, 0.15) is 6.54 Å². The Kier molecular flexibility index (Phi) is 4.62. The predicted octanol–water partition coefficient (Wildman–Crippen LogP) is 3.21. The van der Waals surface area contributed by atoms with Gasteiger partial charge in [-0.05, 0) is 52.7 Å². The largest absolute Gasteiger partial charge is 0.324 e. The topological polar surface area (TPSA) is 51.1 Å². The molecule has 0 aliphatic heterocycles. The second-order valence-corrected chi connectivity index (χ2v) is 5.67. The number of anilines is 1. The molecule has 0 bridgehead atoms. The molecule has 1 aromatic carbocycles. The van der Waals surface area contributed by atoms with E-state index in [1.165, 1.54) is 10.6 Å². The molecule has 4 nitrogen and oxygen atoms in total. The number of aryl methyl sites for hydroxylation is 1. The van der Waals surface area contributed by atoms with Crippen molar-refractivity contribution in [3.8, 4) is 0 Å². The Morgan fingerprint density at radius 3 is 2.80 bits per heavy atom. The maximum absolute atomic E-state index is 12.0. The molecule has 0 saturated heterocycles. The SMILES string of the molecule is Cc1cc(Cl)ccc1NC(=O)Cn1cc(Br)ccc1=O. The Hall–Kier alpha value is -1.59. The third-order valence-corrected chi connectivity index (χ3v) is 3.43. The van der Waals surface area contributed by atoms with Crippen LogP contribution in [0.4, 0.5) is 5.69 Å². The van der Waals surface area contributed by atoms with E-state index in [0.29, 0.717) is 10.7 Å². The minimum absolute atomic E-state index is 0.0413. The van der Waals surface area contributed by atoms with E-state index in [4.69, 9.17) is 11.6 Å². The van der Waals surface area contributed by atoms with Crippen molar-refractivity contribution in [1.29, 1.82) is 0 Å². The average molecular weight is 356 g/mol. The third-order valence-electron chi connectivity index (χ3n) is 2.72. The molecule has 0 aliphatic rings. The molecule has 2 aromatic rings. The summed E-state index contributed by atoms with van der Waals surface area (Å²) in [5, 5.41) is 3.37. The molecule has 1 N–H and O–H groups in total. The third kappa shape index (κ3) is 3.71. The summed E-state index contributed by atoms with van der Waals surface area (Å²) in [6, 6.07) is 8.25. The molecule has 0 aliphatic carbocycles. The lowest BCUT2D eigenvalue weighted by atomic mass is 10.2. The molecule has 0 radical (unpaired) electrons. The molecule has 104 valence electrons. The Balaban J connectivity index is 2.13. The van der Waals surface area contributed by atoms with Crippen LogP contribution >= 0.6 is 27.5 Å². The number of hydrogen-bond donors (Lipinski definition) is 1. The first-order valence-electron chi connectivity index (χ1n) is 5.88. The second-order valence-electron chi connectivity index (χ2n) is 4.32. The number of nitrogens with zero attached hydrogens (tertiary/aromatic N) is 1. The highest BCUT2D eigenvalue weighted by Crippen LogP contribution is 2.19. The molecule has 0 saturated carbocycles. The van der Waals surface area contributed by atoms with E-state index in [9.17, 15) is 9.59 Å². The quantitative estimate of drug-likeness (QED) is 0.919. The lowest BCUT2D eigenvalue weighted by Crippen LogP contribution is -2.26. The van der Waals surface area contributed by atoms with Gasteiger partial charge in [-0.2, -0.15) is 0 Å². The summed E-state index contributed by atoms with van der Waals surface area (Å²) in [5.74, 6) is -0.268. The van der Waals surface area contributed by atoms with E-state index in [1.54, 1.807) is 30.5 Å². The Morgan fingerprint density at radius 1 is 1.35 bits per heavy atom. The summed E-state index contributed by atoms with van der Waals surface area (Å²) in [6.45, 7) is 1.81. The van der Waals surface area contributed by atoms with Crippen LogP contribution < -0.4 is 10.9 Å². The van der Waals surface area contributed by atoms with Crippen LogP contribution in [0.5, 0.6) is 0 Å². The highest BCUT2D eigenvalue weighted by molar-refractivity contribution is 9.10. The van der Waals surface area contributed by atoms with E-state index < -0.39 is 0 Å². The lowest BCUT2D eigenvalue weighted by Gasteiger charge is -2.10. The fourth-order valence-corrected chi connectivity index (χ4v) is 2.34. The number of nitrogens with one attached hydrogen (secondary N) is 1. The summed E-state index contributed by atoms with van der Waals surface area (Å²) in [5.41, 5.74) is 1.33. The van der Waals surface area contributed by atoms with Crippen LogP contribution in [0.1, 0.15) is 5.56 Å². The van der Waals surface area contributed by atoms with Crippen molar-refractivity contribution in [3.63, 3.8) is 0 Å². The van der Waals surface area contributed by atoms with Gasteiger partial charge in [0.2, 0.25) is 5.91 Å². The molecule has 2 rings (SSSR count). The molecular formula is C14H12BrClN2O2. The monoisotopic (exact) mass is 354 g/mol. The molecule has 20 heavy (non-hydrogen) atoms. The molecule has 1 aromatic heterocycles. The van der Waals surface area contributed by atoms with Crippen molar-refractivity contribution >= 4 is 39.1 Å². The number of carbonyl (C=O) groups excluding carboxylic acids is 1. The first-order chi connectivity index (χ1) is 9.45. The molecule has 0 atom stereocenters. The average Bonchev–Trinajstić information content (AvgIpc) is 2.37. The zero-order valence-electron chi connectivity index (χ0n) is 10.7. The van der Waals surface area contributed by atoms with Gasteiger partial charge in [0.25, 0.3) is 5.56 Å². The van der Waals surface area contributed by atoms with Crippen LogP contribution in [0.2, 0.25) is 5.02 Å². The van der Waals surface area contributed by atoms with E-state index in [0.717, 1.165) is 10.0 Å². The molecule has 0 spiro atoms. The van der Waals surface area contributed by atoms with Gasteiger partial charge < -0.3 is 9.88 Å². The lowest BCUT2D eigenvalue weighted by molar-refractivity contribution is -0.116. The van der Waals surface area contributed by atoms with Crippen molar-refractivity contribution in [3.05, 3.63) is 61.9 Å². The minimum Gasteiger partial charge on any atom is -0.324 e. The summed E-state index contributed by atoms with van der Waals surface area (Å²) < 4.78 is 2.08. The maximum Gasteiger partial charge on any atom is 0.251 e. The first-order valence-corrected chi connectivity index (χ1v) is 7.05. The highest BCUT2D eigenvalue weighted by atomic mass is 79.9. The summed E-state index contributed by atoms with van der Waals surface area (Å²) >= 11 is 9.12. The fourth-order valence-electron chi connectivity index (χ4n) is 1.74. The zero-order chi connectivity index (χ0) is 14.7. The van der Waals surface area contributed by atoms with Crippen LogP contribution in [0, 0.1) is 6.92 Å². The van der Waals surface area contributed by atoms with Gasteiger partial charge in [-0.3, -0.25) is 9.59 Å². The smallest absolute Gasteiger partial charge is 0.251 e. The van der Waals surface area contributed by atoms with Gasteiger partial charge in [-0.15, -0.1) is 0 Å². The standard InChI is InChI=1S/C14H12BrClN2O2/c1-9-6-11(16)3-4-12(9)17-13(19)8-18-7-10(15)2-5-14(18)20/h2-7H,8H2,1H3,(H,17,19). The highest BCUT2D eigenvalue weighted by Gasteiger charge is 2.07. The van der Waals surface area contributed by atoms with Crippen molar-refractivity contribution in [2.75, 3.05) is 5.32 Å². The molecule has 0 unspecified atom stereocenters. The first kappa shape index (κ1) is 14.8. The number of halogens is 2. The summed E-state index contributed by atoms with van der Waals surface area (Å²) in [6.07, 6.45) is 1.58. The van der Waals surface area contributed by atoms with Gasteiger partial charge in [0, 0.05) is 27.4 Å². The van der Waals surface area contributed by atoms with E-state index in [1.807, 2.05) is 6.92 Å². The second kappa shape index (κ2) is 6.24. The van der Waals surface area contributed by atoms with E-state index in [-0.39, 0.29) is 18.0 Å². The number of pyridine rings is 1. The minimum atomic E-state index is -0.268. The Labute approximate surface area is 129 Å². The van der Waals surface area contributed by atoms with Gasteiger partial charge in [-0.1, -0.05) is 11.6 Å². The van der Waals surface area contributed by atoms with Crippen LogP contribution in [-0.4, -0.2) is 10.5 Å². The number of benzene rings is 1. The number of rotatable bonds is 3. The van der Waals surface area contributed by atoms with Gasteiger partial charge in [-0.25, -0.2) is 0 Å². The number of aromatic nitrogens is 1. The van der Waals surface area contributed by atoms with Crippen molar-refractivity contribution < 1.29 is 4.79 Å². The zero-order valence-corrected chi connectivity index (χ0v) is 13.0. The number of carbonyl (C=O) groups is 1. The van der Waals surface area contributed by atoms with Crippen LogP contribution in [-0.2, 0) is 11.3 Å². The Morgan fingerprint density at radius 2 is 2.10 bits per heavy atom. The fraction of sp³-hybridized carbons (Fsp3) is 0.143. The molecule has 6 heteroatoms. The van der Waals surface area contributed by atoms with Crippen LogP contribution in [0.25, 0.3) is 0 Å².